The van der Waals surface area contributed by atoms with E-state index in [4.69, 9.17) is 4.18 Å². The zero-order valence-electron chi connectivity index (χ0n) is 23.1. The summed E-state index contributed by atoms with van der Waals surface area (Å²) in [6, 6.07) is 6.92. The highest BCUT2D eigenvalue weighted by molar-refractivity contribution is 7.86. The number of fused-ring (bicyclic) bond motifs is 5. The number of allylic oxidation sites excluding steroid dienone is 1. The Labute approximate surface area is 219 Å². The minimum atomic E-state index is -3.74. The summed E-state index contributed by atoms with van der Waals surface area (Å²) in [6.45, 7) is 13.9. The second-order valence-corrected chi connectivity index (χ2v) is 15.3. The average Bonchev–Trinajstić information content (AvgIpc) is 3.18. The first-order chi connectivity index (χ1) is 16.8. The number of hydrogen-bond acceptors (Lipinski definition) is 4. The molecule has 1 N–H and O–H groups in total. The van der Waals surface area contributed by atoms with E-state index in [2.05, 4.69) is 40.7 Å². The summed E-state index contributed by atoms with van der Waals surface area (Å²) in [4.78, 5) is 0.245. The maximum Gasteiger partial charge on any atom is 0.296 e. The van der Waals surface area contributed by atoms with Gasteiger partial charge in [-0.1, -0.05) is 64.0 Å². The van der Waals surface area contributed by atoms with Crippen molar-refractivity contribution in [3.05, 3.63) is 41.5 Å². The van der Waals surface area contributed by atoms with E-state index in [-0.39, 0.29) is 39.8 Å². The Hall–Kier alpha value is -1.17. The molecule has 36 heavy (non-hydrogen) atoms. The van der Waals surface area contributed by atoms with Gasteiger partial charge in [-0.15, -0.1) is 0 Å². The molecule has 4 nitrogen and oxygen atoms in total. The standard InChI is InChI=1S/C31H46O4S/c1-20-7-9-22(10-8-20)36(33,34)35-19-21(2)24-12-13-25-23-11-14-27-29(3,4)28(32)16-18-31(27,6)26(23)15-17-30(24,25)5/h7-10,14,21,23-26,28,32H,11-13,15-19H2,1-6H3/t21?,23-,24+,25-,26-,28?,30+,31+/m0/s1. The summed E-state index contributed by atoms with van der Waals surface area (Å²) < 4.78 is 31.2. The molecule has 4 aliphatic rings. The Balaban J connectivity index is 1.32. The fraction of sp³-hybridized carbons (Fsp3) is 0.742. The zero-order chi connectivity index (χ0) is 26.1. The summed E-state index contributed by atoms with van der Waals surface area (Å²) in [5.74, 6) is 2.75. The average molecular weight is 515 g/mol. The first-order valence-electron chi connectivity index (χ1n) is 14.2. The van der Waals surface area contributed by atoms with E-state index in [1.807, 2.05) is 19.1 Å². The number of aliphatic hydroxyl groups is 1. The Morgan fingerprint density at radius 1 is 1.00 bits per heavy atom. The second kappa shape index (κ2) is 8.95. The van der Waals surface area contributed by atoms with Crippen molar-refractivity contribution in [2.45, 2.75) is 97.5 Å². The van der Waals surface area contributed by atoms with E-state index in [9.17, 15) is 13.5 Å². The molecular weight excluding hydrogens is 468 g/mol. The van der Waals surface area contributed by atoms with Crippen LogP contribution in [-0.2, 0) is 14.3 Å². The number of rotatable bonds is 5. The van der Waals surface area contributed by atoms with Gasteiger partial charge in [0.25, 0.3) is 10.1 Å². The van der Waals surface area contributed by atoms with Crippen molar-refractivity contribution in [3.63, 3.8) is 0 Å². The van der Waals surface area contributed by atoms with Crippen LogP contribution in [-0.4, -0.2) is 26.2 Å². The minimum Gasteiger partial charge on any atom is -0.392 e. The number of aryl methyl sites for hydroxylation is 1. The predicted molar refractivity (Wildman–Crippen MR) is 144 cm³/mol. The van der Waals surface area contributed by atoms with Crippen LogP contribution in [0.5, 0.6) is 0 Å². The summed E-state index contributed by atoms with van der Waals surface area (Å²) in [6.07, 6.45) is 10.3. The molecule has 200 valence electrons. The molecule has 0 amide bonds. The summed E-state index contributed by atoms with van der Waals surface area (Å²) in [5, 5.41) is 10.8. The van der Waals surface area contributed by atoms with Crippen LogP contribution in [0.4, 0.5) is 0 Å². The number of aliphatic hydroxyl groups excluding tert-OH is 1. The first-order valence-corrected chi connectivity index (χ1v) is 15.6. The third-order valence-electron chi connectivity index (χ3n) is 11.5. The van der Waals surface area contributed by atoms with E-state index in [0.29, 0.717) is 23.7 Å². The van der Waals surface area contributed by atoms with Gasteiger partial charge in [-0.05, 0) is 104 Å². The zero-order valence-corrected chi connectivity index (χ0v) is 23.9. The van der Waals surface area contributed by atoms with Crippen LogP contribution in [0.15, 0.2) is 40.8 Å². The van der Waals surface area contributed by atoms with Crippen LogP contribution >= 0.6 is 0 Å². The smallest absolute Gasteiger partial charge is 0.296 e. The molecule has 0 radical (unpaired) electrons. The quantitative estimate of drug-likeness (QED) is 0.342. The molecule has 3 fully saturated rings. The van der Waals surface area contributed by atoms with E-state index < -0.39 is 10.1 Å². The van der Waals surface area contributed by atoms with Crippen molar-refractivity contribution in [2.75, 3.05) is 6.61 Å². The highest BCUT2D eigenvalue weighted by Gasteiger charge is 2.61. The van der Waals surface area contributed by atoms with Crippen LogP contribution < -0.4 is 0 Å². The third-order valence-corrected chi connectivity index (χ3v) is 12.8. The van der Waals surface area contributed by atoms with Gasteiger partial charge in [-0.2, -0.15) is 8.42 Å². The molecule has 0 heterocycles. The van der Waals surface area contributed by atoms with Gasteiger partial charge in [0, 0.05) is 5.41 Å². The molecule has 3 saturated carbocycles. The normalized spacial score (nSPS) is 40.5. The van der Waals surface area contributed by atoms with Crippen molar-refractivity contribution < 1.29 is 17.7 Å². The van der Waals surface area contributed by atoms with E-state index in [1.165, 1.54) is 24.8 Å². The monoisotopic (exact) mass is 514 g/mol. The van der Waals surface area contributed by atoms with Gasteiger partial charge in [0.1, 0.15) is 0 Å². The molecule has 2 unspecified atom stereocenters. The van der Waals surface area contributed by atoms with Crippen molar-refractivity contribution >= 4 is 10.1 Å². The Bertz CT molecular complexity index is 1120. The highest BCUT2D eigenvalue weighted by Crippen LogP contribution is 2.68. The van der Waals surface area contributed by atoms with Crippen LogP contribution in [0, 0.1) is 52.8 Å². The predicted octanol–water partition coefficient (Wildman–Crippen LogP) is 6.91. The summed E-state index contributed by atoms with van der Waals surface area (Å²) >= 11 is 0. The van der Waals surface area contributed by atoms with Crippen molar-refractivity contribution in [2.24, 2.45) is 45.8 Å². The van der Waals surface area contributed by atoms with E-state index in [1.54, 1.807) is 12.1 Å². The lowest BCUT2D eigenvalue weighted by Gasteiger charge is -2.61. The highest BCUT2D eigenvalue weighted by atomic mass is 32.2. The maximum atomic E-state index is 12.8. The van der Waals surface area contributed by atoms with Crippen molar-refractivity contribution in [1.29, 1.82) is 0 Å². The minimum absolute atomic E-state index is 0.133. The van der Waals surface area contributed by atoms with Gasteiger partial charge >= 0.3 is 0 Å². The molecule has 8 atom stereocenters. The van der Waals surface area contributed by atoms with Gasteiger partial charge < -0.3 is 5.11 Å². The lowest BCUT2D eigenvalue weighted by molar-refractivity contribution is -0.0792. The second-order valence-electron chi connectivity index (χ2n) is 13.7. The molecule has 0 aliphatic heterocycles. The molecule has 1 aromatic carbocycles. The van der Waals surface area contributed by atoms with E-state index in [0.717, 1.165) is 31.2 Å². The van der Waals surface area contributed by atoms with Gasteiger partial charge in [-0.25, -0.2) is 0 Å². The molecule has 5 heteroatoms. The van der Waals surface area contributed by atoms with Crippen LogP contribution in [0.25, 0.3) is 0 Å². The Kier molecular flexibility index (Phi) is 6.57. The summed E-state index contributed by atoms with van der Waals surface area (Å²) in [5.41, 5.74) is 2.85. The molecule has 0 saturated heterocycles. The van der Waals surface area contributed by atoms with Gasteiger partial charge in [0.15, 0.2) is 0 Å². The van der Waals surface area contributed by atoms with Crippen LogP contribution in [0.3, 0.4) is 0 Å². The SMILES string of the molecule is Cc1ccc(S(=O)(=O)OCC(C)[C@H]2CC[C@H]3[C@@H]4CC=C5C(C)(C)C(O)CC[C@]5(C)[C@H]4CC[C@]23C)cc1. The van der Waals surface area contributed by atoms with E-state index >= 15 is 0 Å². The number of hydrogen-bond donors (Lipinski definition) is 1. The van der Waals surface area contributed by atoms with Crippen molar-refractivity contribution in [1.82, 2.24) is 0 Å². The van der Waals surface area contributed by atoms with Gasteiger partial charge in [0.05, 0.1) is 17.6 Å². The number of benzene rings is 1. The third kappa shape index (κ3) is 4.03. The molecule has 0 aromatic heterocycles. The van der Waals surface area contributed by atoms with Crippen molar-refractivity contribution in [3.8, 4) is 0 Å². The fourth-order valence-corrected chi connectivity index (χ4v) is 10.5. The lowest BCUT2D eigenvalue weighted by Crippen LogP contribution is -2.54. The van der Waals surface area contributed by atoms with Gasteiger partial charge in [0.2, 0.25) is 0 Å². The fourth-order valence-electron chi connectivity index (χ4n) is 9.45. The van der Waals surface area contributed by atoms with Gasteiger partial charge in [-0.3, -0.25) is 4.18 Å². The van der Waals surface area contributed by atoms with Crippen LogP contribution in [0.2, 0.25) is 0 Å². The molecule has 0 bridgehead atoms. The first kappa shape index (κ1) is 26.4. The Morgan fingerprint density at radius 2 is 1.69 bits per heavy atom. The summed E-state index contributed by atoms with van der Waals surface area (Å²) in [7, 11) is -3.74. The maximum absolute atomic E-state index is 12.8. The largest absolute Gasteiger partial charge is 0.392 e. The molecular formula is C31H46O4S. The topological polar surface area (TPSA) is 63.6 Å². The lowest BCUT2D eigenvalue weighted by atomic mass is 9.44. The molecule has 4 aliphatic carbocycles. The molecule has 5 rings (SSSR count). The molecule has 1 aromatic rings. The Morgan fingerprint density at radius 3 is 2.39 bits per heavy atom. The molecule has 0 spiro atoms. The van der Waals surface area contributed by atoms with Crippen LogP contribution in [0.1, 0.15) is 85.1 Å².